The van der Waals surface area contributed by atoms with E-state index in [0.29, 0.717) is 28.6 Å². The van der Waals surface area contributed by atoms with E-state index in [2.05, 4.69) is 27.8 Å². The third-order valence-corrected chi connectivity index (χ3v) is 3.41. The fraction of sp³-hybridized carbons (Fsp3) is 0.286. The third-order valence-electron chi connectivity index (χ3n) is 2.81. The molecule has 0 aliphatic heterocycles. The second-order valence-corrected chi connectivity index (χ2v) is 4.91. The number of aromatic nitrogens is 1. The molecule has 0 unspecified atom stereocenters. The average Bonchev–Trinajstić information content (AvgIpc) is 2.43. The molecule has 4 nitrogen and oxygen atoms in total. The first kappa shape index (κ1) is 13.8. The van der Waals surface area contributed by atoms with Gasteiger partial charge in [0.05, 0.1) is 6.61 Å². The minimum atomic E-state index is -0.117. The van der Waals surface area contributed by atoms with E-state index in [-0.39, 0.29) is 11.4 Å². The van der Waals surface area contributed by atoms with Gasteiger partial charge in [-0.3, -0.25) is 4.79 Å². The number of benzene rings is 1. The maximum absolute atomic E-state index is 10.8. The van der Waals surface area contributed by atoms with Gasteiger partial charge in [-0.2, -0.15) is 0 Å². The highest BCUT2D eigenvalue weighted by atomic mass is 79.9. The van der Waals surface area contributed by atoms with Crippen LogP contribution in [-0.2, 0) is 0 Å². The summed E-state index contributed by atoms with van der Waals surface area (Å²) in [6.45, 7) is 2.73. The lowest BCUT2D eigenvalue weighted by atomic mass is 10.1. The van der Waals surface area contributed by atoms with Gasteiger partial charge in [0.25, 0.3) is 0 Å². The number of rotatable bonds is 5. The van der Waals surface area contributed by atoms with E-state index in [1.807, 2.05) is 12.1 Å². The van der Waals surface area contributed by atoms with E-state index in [9.17, 15) is 9.90 Å². The van der Waals surface area contributed by atoms with E-state index in [1.54, 1.807) is 6.07 Å². The molecular formula is C14H14BrNO3. The molecule has 0 fully saturated rings. The summed E-state index contributed by atoms with van der Waals surface area (Å²) >= 11 is 3.29. The number of aromatic hydroxyl groups is 1. The molecule has 0 bridgehead atoms. The standard InChI is InChI=1S/C14H14BrNO3/c1-2-3-6-19-9-4-5-10-11(7-9)13(18)12(8-17)16-14(10)15/h4-5,7-8,18H,2-3,6H2,1H3. The Hall–Kier alpha value is -1.62. The van der Waals surface area contributed by atoms with Gasteiger partial charge in [-0.05, 0) is 40.5 Å². The van der Waals surface area contributed by atoms with Gasteiger partial charge >= 0.3 is 0 Å². The summed E-state index contributed by atoms with van der Waals surface area (Å²) in [6, 6.07) is 5.35. The van der Waals surface area contributed by atoms with Crippen LogP contribution in [0.25, 0.3) is 10.8 Å². The largest absolute Gasteiger partial charge is 0.505 e. The number of halogens is 1. The van der Waals surface area contributed by atoms with Crippen LogP contribution in [0.3, 0.4) is 0 Å². The van der Waals surface area contributed by atoms with E-state index >= 15 is 0 Å². The molecule has 1 aromatic heterocycles. The minimum Gasteiger partial charge on any atom is -0.505 e. The molecule has 0 aliphatic rings. The Morgan fingerprint density at radius 3 is 2.89 bits per heavy atom. The number of pyridine rings is 1. The molecule has 2 aromatic rings. The molecule has 1 N–H and O–H groups in total. The first-order chi connectivity index (χ1) is 9.17. The Morgan fingerprint density at radius 2 is 2.21 bits per heavy atom. The normalized spacial score (nSPS) is 10.6. The van der Waals surface area contributed by atoms with Gasteiger partial charge in [0, 0.05) is 10.8 Å². The predicted octanol–water partition coefficient (Wildman–Crippen LogP) is 3.69. The fourth-order valence-corrected chi connectivity index (χ4v) is 2.30. The van der Waals surface area contributed by atoms with E-state index < -0.39 is 0 Å². The lowest BCUT2D eigenvalue weighted by molar-refractivity contribution is 0.111. The molecule has 0 aliphatic carbocycles. The first-order valence-corrected chi connectivity index (χ1v) is 6.87. The fourth-order valence-electron chi connectivity index (χ4n) is 1.76. The highest BCUT2D eigenvalue weighted by molar-refractivity contribution is 9.10. The molecule has 0 saturated carbocycles. The van der Waals surface area contributed by atoms with Gasteiger partial charge in [-0.25, -0.2) is 4.98 Å². The monoisotopic (exact) mass is 323 g/mol. The number of ether oxygens (including phenoxy) is 1. The predicted molar refractivity (Wildman–Crippen MR) is 76.9 cm³/mol. The van der Waals surface area contributed by atoms with Crippen LogP contribution in [-0.4, -0.2) is 23.0 Å². The quantitative estimate of drug-likeness (QED) is 0.518. The van der Waals surface area contributed by atoms with E-state index in [0.717, 1.165) is 18.2 Å². The van der Waals surface area contributed by atoms with Crippen LogP contribution in [0.5, 0.6) is 11.5 Å². The van der Waals surface area contributed by atoms with Crippen molar-refractivity contribution in [1.82, 2.24) is 4.98 Å². The Bertz CT molecular complexity index is 613. The molecule has 19 heavy (non-hydrogen) atoms. The first-order valence-electron chi connectivity index (χ1n) is 6.07. The van der Waals surface area contributed by atoms with Crippen LogP contribution in [0.1, 0.15) is 30.3 Å². The van der Waals surface area contributed by atoms with E-state index in [1.165, 1.54) is 0 Å². The van der Waals surface area contributed by atoms with Crippen LogP contribution in [0.2, 0.25) is 0 Å². The molecule has 0 atom stereocenters. The maximum Gasteiger partial charge on any atom is 0.172 e. The van der Waals surface area contributed by atoms with Gasteiger partial charge in [-0.15, -0.1) is 0 Å². The van der Waals surface area contributed by atoms with Crippen LogP contribution >= 0.6 is 15.9 Å². The van der Waals surface area contributed by atoms with Crippen LogP contribution in [0.4, 0.5) is 0 Å². The lowest BCUT2D eigenvalue weighted by Crippen LogP contribution is -1.97. The number of aldehydes is 1. The van der Waals surface area contributed by atoms with Crippen LogP contribution in [0.15, 0.2) is 22.8 Å². The number of hydrogen-bond donors (Lipinski definition) is 1. The van der Waals surface area contributed by atoms with Crippen molar-refractivity contribution in [3.8, 4) is 11.5 Å². The zero-order valence-corrected chi connectivity index (χ0v) is 12.1. The summed E-state index contributed by atoms with van der Waals surface area (Å²) < 4.78 is 6.12. The molecule has 0 spiro atoms. The van der Waals surface area contributed by atoms with Crippen molar-refractivity contribution in [2.75, 3.05) is 6.61 Å². The summed E-state index contributed by atoms with van der Waals surface area (Å²) in [4.78, 5) is 14.8. The highest BCUT2D eigenvalue weighted by Gasteiger charge is 2.12. The van der Waals surface area contributed by atoms with Crippen molar-refractivity contribution in [2.45, 2.75) is 19.8 Å². The molecule has 5 heteroatoms. The number of hydrogen-bond acceptors (Lipinski definition) is 4. The molecule has 2 rings (SSSR count). The van der Waals surface area contributed by atoms with Crippen LogP contribution in [0, 0.1) is 0 Å². The molecule has 1 heterocycles. The smallest absolute Gasteiger partial charge is 0.172 e. The van der Waals surface area contributed by atoms with Crippen molar-refractivity contribution < 1.29 is 14.6 Å². The van der Waals surface area contributed by atoms with Crippen molar-refractivity contribution in [1.29, 1.82) is 0 Å². The minimum absolute atomic E-state index is 0.0186. The summed E-state index contributed by atoms with van der Waals surface area (Å²) in [7, 11) is 0. The summed E-state index contributed by atoms with van der Waals surface area (Å²) in [5.41, 5.74) is 0.0186. The Morgan fingerprint density at radius 1 is 1.42 bits per heavy atom. The Kier molecular flexibility index (Phi) is 4.37. The van der Waals surface area contributed by atoms with Crippen molar-refractivity contribution >= 4 is 33.0 Å². The maximum atomic E-state index is 10.8. The third kappa shape index (κ3) is 2.87. The topological polar surface area (TPSA) is 59.4 Å². The zero-order chi connectivity index (χ0) is 13.8. The van der Waals surface area contributed by atoms with Gasteiger partial charge in [0.2, 0.25) is 0 Å². The van der Waals surface area contributed by atoms with Gasteiger partial charge in [0.15, 0.2) is 12.0 Å². The molecule has 100 valence electrons. The summed E-state index contributed by atoms with van der Waals surface area (Å²) in [5, 5.41) is 11.3. The second kappa shape index (κ2) is 6.02. The van der Waals surface area contributed by atoms with Gasteiger partial charge in [0.1, 0.15) is 16.0 Å². The average molecular weight is 324 g/mol. The number of fused-ring (bicyclic) bond motifs is 1. The molecule has 1 aromatic carbocycles. The zero-order valence-electron chi connectivity index (χ0n) is 10.5. The van der Waals surface area contributed by atoms with Crippen molar-refractivity contribution in [3.05, 3.63) is 28.5 Å². The number of carbonyl (C=O) groups is 1. The Labute approximate surface area is 119 Å². The van der Waals surface area contributed by atoms with Crippen molar-refractivity contribution in [2.24, 2.45) is 0 Å². The molecule has 0 amide bonds. The highest BCUT2D eigenvalue weighted by Crippen LogP contribution is 2.34. The molecule has 0 saturated heterocycles. The van der Waals surface area contributed by atoms with Gasteiger partial charge in [-0.1, -0.05) is 13.3 Å². The SMILES string of the molecule is CCCCOc1ccc2c(Br)nc(C=O)c(O)c2c1. The van der Waals surface area contributed by atoms with Crippen molar-refractivity contribution in [3.63, 3.8) is 0 Å². The molecular weight excluding hydrogens is 310 g/mol. The van der Waals surface area contributed by atoms with E-state index in [4.69, 9.17) is 4.74 Å². The summed E-state index contributed by atoms with van der Waals surface area (Å²) in [5.74, 6) is 0.556. The lowest BCUT2D eigenvalue weighted by Gasteiger charge is -2.09. The second-order valence-electron chi connectivity index (χ2n) is 4.16. The number of nitrogens with zero attached hydrogens (tertiary/aromatic N) is 1. The number of unbranched alkanes of at least 4 members (excludes halogenated alkanes) is 1. The molecule has 0 radical (unpaired) electrons. The van der Waals surface area contributed by atoms with Gasteiger partial charge < -0.3 is 9.84 Å². The summed E-state index contributed by atoms with van der Waals surface area (Å²) in [6.07, 6.45) is 2.57. The van der Waals surface area contributed by atoms with Crippen LogP contribution < -0.4 is 4.74 Å². The number of carbonyl (C=O) groups excluding carboxylic acids is 1. The Balaban J connectivity index is 2.45.